The maximum Gasteiger partial charge on any atom is 0.191 e. The van der Waals surface area contributed by atoms with Gasteiger partial charge in [0.1, 0.15) is 0 Å². The molecule has 28 heavy (non-hydrogen) atoms. The number of morpholine rings is 1. The minimum Gasteiger partial charge on any atom is -0.493 e. The lowest BCUT2D eigenvalue weighted by molar-refractivity contribution is 0.00752. The molecular formula is C21H36N4O3. The molecule has 2 N–H and O–H groups in total. The van der Waals surface area contributed by atoms with Crippen molar-refractivity contribution in [3.05, 3.63) is 23.8 Å². The highest BCUT2D eigenvalue weighted by Crippen LogP contribution is 2.27. The smallest absolute Gasteiger partial charge is 0.191 e. The monoisotopic (exact) mass is 392 g/mol. The Labute approximate surface area is 169 Å². The van der Waals surface area contributed by atoms with Crippen LogP contribution in [0.3, 0.4) is 0 Å². The summed E-state index contributed by atoms with van der Waals surface area (Å²) in [7, 11) is 3.46. The van der Waals surface area contributed by atoms with Gasteiger partial charge in [-0.3, -0.25) is 9.89 Å². The van der Waals surface area contributed by atoms with Gasteiger partial charge < -0.3 is 24.8 Å². The zero-order valence-electron chi connectivity index (χ0n) is 18.0. The Morgan fingerprint density at radius 1 is 1.21 bits per heavy atom. The Balaban J connectivity index is 1.89. The molecule has 0 aromatic heterocycles. The summed E-state index contributed by atoms with van der Waals surface area (Å²) in [6.45, 7) is 12.2. The lowest BCUT2D eigenvalue weighted by Crippen LogP contribution is -2.52. The van der Waals surface area contributed by atoms with E-state index in [0.717, 1.165) is 55.9 Å². The van der Waals surface area contributed by atoms with E-state index in [-0.39, 0.29) is 0 Å². The SMILES string of the molecule is CCOc1ccc(CNC(=NC)NCC(C(C)C)N2CCOCC2)cc1OC. The Bertz CT molecular complexity index is 616. The third-order valence-electron chi connectivity index (χ3n) is 4.97. The molecule has 1 heterocycles. The Hall–Kier alpha value is -1.99. The second kappa shape index (κ2) is 11.8. The van der Waals surface area contributed by atoms with E-state index in [1.165, 1.54) is 0 Å². The molecule has 1 atom stereocenters. The molecule has 1 aromatic carbocycles. The molecule has 1 unspecified atom stereocenters. The Morgan fingerprint density at radius 2 is 1.96 bits per heavy atom. The summed E-state index contributed by atoms with van der Waals surface area (Å²) in [4.78, 5) is 6.87. The van der Waals surface area contributed by atoms with Gasteiger partial charge in [0.2, 0.25) is 0 Å². The number of nitrogens with zero attached hydrogens (tertiary/aromatic N) is 2. The molecule has 1 aromatic rings. The van der Waals surface area contributed by atoms with E-state index in [4.69, 9.17) is 14.2 Å². The van der Waals surface area contributed by atoms with Gasteiger partial charge in [0.25, 0.3) is 0 Å². The number of hydrogen-bond acceptors (Lipinski definition) is 5. The molecule has 0 spiro atoms. The first kappa shape index (κ1) is 22.3. The van der Waals surface area contributed by atoms with Crippen LogP contribution in [0.5, 0.6) is 11.5 Å². The minimum atomic E-state index is 0.452. The highest BCUT2D eigenvalue weighted by molar-refractivity contribution is 5.79. The van der Waals surface area contributed by atoms with Crippen molar-refractivity contribution in [3.8, 4) is 11.5 Å². The number of nitrogens with one attached hydrogen (secondary N) is 2. The molecule has 0 amide bonds. The number of methoxy groups -OCH3 is 1. The topological polar surface area (TPSA) is 67.4 Å². The predicted octanol–water partition coefficient (Wildman–Crippen LogP) is 2.12. The molecule has 158 valence electrons. The zero-order valence-corrected chi connectivity index (χ0v) is 18.0. The first-order chi connectivity index (χ1) is 13.6. The molecule has 0 aliphatic carbocycles. The van der Waals surface area contributed by atoms with Gasteiger partial charge in [-0.25, -0.2) is 0 Å². The Morgan fingerprint density at radius 3 is 2.57 bits per heavy atom. The van der Waals surface area contributed by atoms with E-state index in [2.05, 4.69) is 34.4 Å². The third-order valence-corrected chi connectivity index (χ3v) is 4.97. The maximum atomic E-state index is 5.58. The molecular weight excluding hydrogens is 356 g/mol. The highest BCUT2D eigenvalue weighted by atomic mass is 16.5. The quantitative estimate of drug-likeness (QED) is 0.496. The largest absolute Gasteiger partial charge is 0.493 e. The second-order valence-corrected chi connectivity index (χ2v) is 7.18. The van der Waals surface area contributed by atoms with Crippen LogP contribution < -0.4 is 20.1 Å². The molecule has 1 fully saturated rings. The third kappa shape index (κ3) is 6.56. The van der Waals surface area contributed by atoms with Crippen LogP contribution in [0, 0.1) is 5.92 Å². The fraction of sp³-hybridized carbons (Fsp3) is 0.667. The number of ether oxygens (including phenoxy) is 3. The number of benzene rings is 1. The summed E-state index contributed by atoms with van der Waals surface area (Å²) in [6.07, 6.45) is 0. The average Bonchev–Trinajstić information content (AvgIpc) is 2.72. The average molecular weight is 393 g/mol. The van der Waals surface area contributed by atoms with Crippen LogP contribution in [0.2, 0.25) is 0 Å². The van der Waals surface area contributed by atoms with E-state index in [9.17, 15) is 0 Å². The summed E-state index contributed by atoms with van der Waals surface area (Å²) >= 11 is 0. The number of rotatable bonds is 9. The van der Waals surface area contributed by atoms with Gasteiger partial charge in [-0.05, 0) is 30.5 Å². The van der Waals surface area contributed by atoms with Gasteiger partial charge in [-0.2, -0.15) is 0 Å². The maximum absolute atomic E-state index is 5.58. The molecule has 1 saturated heterocycles. The number of guanidine groups is 1. The van der Waals surface area contributed by atoms with Crippen molar-refractivity contribution in [2.75, 3.05) is 53.6 Å². The molecule has 2 rings (SSSR count). The molecule has 1 aliphatic rings. The van der Waals surface area contributed by atoms with Gasteiger partial charge in [-0.15, -0.1) is 0 Å². The van der Waals surface area contributed by atoms with Crippen molar-refractivity contribution < 1.29 is 14.2 Å². The van der Waals surface area contributed by atoms with E-state index in [1.807, 2.05) is 25.1 Å². The van der Waals surface area contributed by atoms with E-state index in [0.29, 0.717) is 25.1 Å². The van der Waals surface area contributed by atoms with Crippen molar-refractivity contribution in [1.82, 2.24) is 15.5 Å². The first-order valence-electron chi connectivity index (χ1n) is 10.1. The number of hydrogen-bond donors (Lipinski definition) is 2. The number of aliphatic imine (C=N–C) groups is 1. The van der Waals surface area contributed by atoms with E-state index >= 15 is 0 Å². The van der Waals surface area contributed by atoms with Gasteiger partial charge in [0, 0.05) is 39.3 Å². The van der Waals surface area contributed by atoms with Gasteiger partial charge in [0.05, 0.1) is 26.9 Å². The minimum absolute atomic E-state index is 0.452. The molecule has 0 bridgehead atoms. The molecule has 0 saturated carbocycles. The van der Waals surface area contributed by atoms with Crippen molar-refractivity contribution in [2.45, 2.75) is 33.4 Å². The summed E-state index contributed by atoms with van der Waals surface area (Å²) in [6, 6.07) is 6.44. The zero-order chi connectivity index (χ0) is 20.4. The summed E-state index contributed by atoms with van der Waals surface area (Å²) in [5.74, 6) is 2.86. The van der Waals surface area contributed by atoms with Crippen LogP contribution in [-0.4, -0.2) is 70.5 Å². The van der Waals surface area contributed by atoms with Gasteiger partial charge in [-0.1, -0.05) is 19.9 Å². The summed E-state index contributed by atoms with van der Waals surface area (Å²) < 4.78 is 16.5. The molecule has 7 heteroatoms. The first-order valence-corrected chi connectivity index (χ1v) is 10.1. The van der Waals surface area contributed by atoms with Crippen LogP contribution in [-0.2, 0) is 11.3 Å². The Kier molecular flexibility index (Phi) is 9.37. The van der Waals surface area contributed by atoms with Gasteiger partial charge >= 0.3 is 0 Å². The summed E-state index contributed by atoms with van der Waals surface area (Å²) in [5, 5.41) is 6.86. The van der Waals surface area contributed by atoms with Crippen molar-refractivity contribution in [2.24, 2.45) is 10.9 Å². The van der Waals surface area contributed by atoms with Crippen LogP contribution in [0.25, 0.3) is 0 Å². The van der Waals surface area contributed by atoms with Crippen LogP contribution in [0.15, 0.2) is 23.2 Å². The molecule has 1 aliphatic heterocycles. The van der Waals surface area contributed by atoms with Gasteiger partial charge in [0.15, 0.2) is 17.5 Å². The lowest BCUT2D eigenvalue weighted by atomic mass is 10.0. The normalized spacial score (nSPS) is 16.7. The van der Waals surface area contributed by atoms with Crippen LogP contribution in [0.4, 0.5) is 0 Å². The van der Waals surface area contributed by atoms with E-state index in [1.54, 1.807) is 14.2 Å². The van der Waals surface area contributed by atoms with E-state index < -0.39 is 0 Å². The fourth-order valence-electron chi connectivity index (χ4n) is 3.40. The highest BCUT2D eigenvalue weighted by Gasteiger charge is 2.23. The predicted molar refractivity (Wildman–Crippen MR) is 113 cm³/mol. The standard InChI is InChI=1S/C21H36N4O3/c1-6-28-19-8-7-17(13-20(19)26-5)14-23-21(22-4)24-15-18(16(2)3)25-9-11-27-12-10-25/h7-8,13,16,18H,6,9-12,14-15H2,1-5H3,(H2,22,23,24). The second-order valence-electron chi connectivity index (χ2n) is 7.18. The fourth-order valence-corrected chi connectivity index (χ4v) is 3.40. The van der Waals surface area contributed by atoms with Crippen molar-refractivity contribution in [1.29, 1.82) is 0 Å². The van der Waals surface area contributed by atoms with Crippen LogP contribution >= 0.6 is 0 Å². The molecule has 0 radical (unpaired) electrons. The molecule has 7 nitrogen and oxygen atoms in total. The summed E-state index contributed by atoms with van der Waals surface area (Å²) in [5.41, 5.74) is 1.11. The van der Waals surface area contributed by atoms with Crippen LogP contribution in [0.1, 0.15) is 26.3 Å². The van der Waals surface area contributed by atoms with Crippen molar-refractivity contribution >= 4 is 5.96 Å². The van der Waals surface area contributed by atoms with Crippen molar-refractivity contribution in [3.63, 3.8) is 0 Å². The lowest BCUT2D eigenvalue weighted by Gasteiger charge is -2.37.